The highest BCUT2D eigenvalue weighted by atomic mass is 16.5. The lowest BCUT2D eigenvalue weighted by atomic mass is 9.91. The smallest absolute Gasteiger partial charge is 0.174 e. The van der Waals surface area contributed by atoms with Crippen molar-refractivity contribution in [2.24, 2.45) is 11.8 Å². The largest absolute Gasteiger partial charge is 0.479 e. The molecule has 2 rings (SSSR count). The van der Waals surface area contributed by atoms with Crippen molar-refractivity contribution in [3.8, 4) is 11.8 Å². The van der Waals surface area contributed by atoms with Gasteiger partial charge >= 0.3 is 0 Å². The molecule has 4 nitrogen and oxygen atoms in total. The number of ether oxygens (including phenoxy) is 1. The van der Waals surface area contributed by atoms with Gasteiger partial charge in [0.2, 0.25) is 0 Å². The summed E-state index contributed by atoms with van der Waals surface area (Å²) in [6.07, 6.45) is 1.90. The molecule has 0 aliphatic carbocycles. The van der Waals surface area contributed by atoms with Gasteiger partial charge in [-0.15, -0.1) is 0 Å². The number of nitriles is 1. The third kappa shape index (κ3) is 3.08. The summed E-state index contributed by atoms with van der Waals surface area (Å²) in [6.45, 7) is 1.72. The molecule has 1 aliphatic rings. The Hall–Kier alpha value is -1.86. The van der Waals surface area contributed by atoms with Crippen LogP contribution in [0, 0.1) is 23.2 Å². The van der Waals surface area contributed by atoms with Crippen molar-refractivity contribution in [1.82, 2.24) is 5.32 Å². The fourth-order valence-electron chi connectivity index (χ4n) is 2.32. The van der Waals surface area contributed by atoms with Gasteiger partial charge in [0.1, 0.15) is 18.1 Å². The second-order valence-corrected chi connectivity index (χ2v) is 4.52. The van der Waals surface area contributed by atoms with Gasteiger partial charge in [0.15, 0.2) is 6.61 Å². The maximum atomic E-state index is 10.9. The minimum absolute atomic E-state index is 0.0609. The van der Waals surface area contributed by atoms with E-state index in [0.29, 0.717) is 11.7 Å². The van der Waals surface area contributed by atoms with Crippen LogP contribution in [-0.2, 0) is 11.2 Å². The number of hydrogen-bond donors (Lipinski definition) is 1. The zero-order valence-electron chi connectivity index (χ0n) is 10.1. The van der Waals surface area contributed by atoms with Crippen molar-refractivity contribution in [1.29, 1.82) is 5.26 Å². The Morgan fingerprint density at radius 1 is 1.50 bits per heavy atom. The summed E-state index contributed by atoms with van der Waals surface area (Å²) < 4.78 is 5.27. The van der Waals surface area contributed by atoms with E-state index in [0.717, 1.165) is 31.4 Å². The SMILES string of the molecule is N#CCOc1cccc(CC2CNC[C@@H]2C=O)c1. The normalized spacial score (nSPS) is 22.4. The Labute approximate surface area is 107 Å². The van der Waals surface area contributed by atoms with Crippen molar-refractivity contribution in [3.63, 3.8) is 0 Å². The predicted octanol–water partition coefficient (Wildman–Crippen LogP) is 1.17. The highest BCUT2D eigenvalue weighted by Gasteiger charge is 2.26. The molecule has 0 bridgehead atoms. The second kappa shape index (κ2) is 6.18. The molecule has 1 aromatic rings. The number of hydrogen-bond acceptors (Lipinski definition) is 4. The highest BCUT2D eigenvalue weighted by molar-refractivity contribution is 5.55. The van der Waals surface area contributed by atoms with Crippen molar-refractivity contribution < 1.29 is 9.53 Å². The number of nitrogens with zero attached hydrogens (tertiary/aromatic N) is 1. The van der Waals surface area contributed by atoms with Gasteiger partial charge in [-0.3, -0.25) is 0 Å². The lowest BCUT2D eigenvalue weighted by Gasteiger charge is -2.13. The molecule has 1 aliphatic heterocycles. The van der Waals surface area contributed by atoms with Crippen LogP contribution in [0.25, 0.3) is 0 Å². The molecule has 0 amide bonds. The zero-order chi connectivity index (χ0) is 12.8. The Bertz CT molecular complexity index is 453. The number of rotatable bonds is 5. The summed E-state index contributed by atoms with van der Waals surface area (Å²) in [6, 6.07) is 9.67. The van der Waals surface area contributed by atoms with E-state index in [1.807, 2.05) is 30.3 Å². The van der Waals surface area contributed by atoms with Gasteiger partial charge in [0, 0.05) is 12.5 Å². The van der Waals surface area contributed by atoms with Crippen LogP contribution in [-0.4, -0.2) is 26.0 Å². The van der Waals surface area contributed by atoms with Crippen LogP contribution in [0.5, 0.6) is 5.75 Å². The molecule has 1 fully saturated rings. The monoisotopic (exact) mass is 244 g/mol. The number of carbonyl (C=O) groups is 1. The van der Waals surface area contributed by atoms with Crippen LogP contribution in [0.1, 0.15) is 5.56 Å². The molecule has 2 atom stereocenters. The Kier molecular flexibility index (Phi) is 4.32. The molecule has 0 saturated carbocycles. The third-order valence-corrected chi connectivity index (χ3v) is 3.27. The van der Waals surface area contributed by atoms with E-state index in [-0.39, 0.29) is 12.5 Å². The number of carbonyl (C=O) groups excluding carboxylic acids is 1. The number of benzene rings is 1. The molecule has 4 heteroatoms. The molecule has 0 radical (unpaired) electrons. The van der Waals surface area contributed by atoms with Gasteiger partial charge in [-0.2, -0.15) is 5.26 Å². The first-order valence-corrected chi connectivity index (χ1v) is 6.08. The van der Waals surface area contributed by atoms with E-state index in [4.69, 9.17) is 10.00 Å². The molecule has 0 aromatic heterocycles. The topological polar surface area (TPSA) is 62.1 Å². The van der Waals surface area contributed by atoms with Crippen molar-refractivity contribution in [2.45, 2.75) is 6.42 Å². The van der Waals surface area contributed by atoms with Crippen LogP contribution in [0.15, 0.2) is 24.3 Å². The minimum Gasteiger partial charge on any atom is -0.479 e. The van der Waals surface area contributed by atoms with Gasteiger partial charge in [-0.25, -0.2) is 0 Å². The van der Waals surface area contributed by atoms with Crippen LogP contribution >= 0.6 is 0 Å². The van der Waals surface area contributed by atoms with Gasteiger partial charge in [-0.1, -0.05) is 12.1 Å². The van der Waals surface area contributed by atoms with E-state index >= 15 is 0 Å². The molecular weight excluding hydrogens is 228 g/mol. The molecule has 1 N–H and O–H groups in total. The summed E-state index contributed by atoms with van der Waals surface area (Å²) in [7, 11) is 0. The zero-order valence-corrected chi connectivity index (χ0v) is 10.1. The first-order valence-electron chi connectivity index (χ1n) is 6.08. The average molecular weight is 244 g/mol. The molecule has 1 aromatic carbocycles. The Morgan fingerprint density at radius 3 is 3.17 bits per heavy atom. The first-order chi connectivity index (χ1) is 8.83. The highest BCUT2D eigenvalue weighted by Crippen LogP contribution is 2.22. The van der Waals surface area contributed by atoms with Crippen LogP contribution in [0.4, 0.5) is 0 Å². The second-order valence-electron chi connectivity index (χ2n) is 4.52. The first kappa shape index (κ1) is 12.6. The molecular formula is C14H16N2O2. The molecule has 0 spiro atoms. The van der Waals surface area contributed by atoms with Gasteiger partial charge < -0.3 is 14.8 Å². The summed E-state index contributed by atoms with van der Waals surface area (Å²) in [4.78, 5) is 10.9. The predicted molar refractivity (Wildman–Crippen MR) is 67.2 cm³/mol. The lowest BCUT2D eigenvalue weighted by Crippen LogP contribution is -2.16. The minimum atomic E-state index is 0.0609. The van der Waals surface area contributed by atoms with Gasteiger partial charge in [-0.05, 0) is 36.6 Å². The maximum absolute atomic E-state index is 10.9. The van der Waals surface area contributed by atoms with E-state index < -0.39 is 0 Å². The summed E-state index contributed by atoms with van der Waals surface area (Å²) >= 11 is 0. The molecule has 18 heavy (non-hydrogen) atoms. The van der Waals surface area contributed by atoms with E-state index in [1.165, 1.54) is 0 Å². The molecule has 1 heterocycles. The Morgan fingerprint density at radius 2 is 2.39 bits per heavy atom. The van der Waals surface area contributed by atoms with Gasteiger partial charge in [0.05, 0.1) is 0 Å². The van der Waals surface area contributed by atoms with Crippen molar-refractivity contribution >= 4 is 6.29 Å². The van der Waals surface area contributed by atoms with Crippen LogP contribution in [0.3, 0.4) is 0 Å². The third-order valence-electron chi connectivity index (χ3n) is 3.27. The summed E-state index contributed by atoms with van der Waals surface area (Å²) in [5.41, 5.74) is 1.14. The fourth-order valence-corrected chi connectivity index (χ4v) is 2.32. The van der Waals surface area contributed by atoms with Crippen molar-refractivity contribution in [2.75, 3.05) is 19.7 Å². The van der Waals surface area contributed by atoms with Crippen LogP contribution < -0.4 is 10.1 Å². The van der Waals surface area contributed by atoms with Crippen molar-refractivity contribution in [3.05, 3.63) is 29.8 Å². The lowest BCUT2D eigenvalue weighted by molar-refractivity contribution is -0.111. The molecule has 1 saturated heterocycles. The van der Waals surface area contributed by atoms with Gasteiger partial charge in [0.25, 0.3) is 0 Å². The standard InChI is InChI=1S/C14H16N2O2/c15-4-5-18-14-3-1-2-11(7-14)6-12-8-16-9-13(12)10-17/h1-3,7,10,12-13,16H,5-6,8-9H2/t12?,13-/m1/s1. The quantitative estimate of drug-likeness (QED) is 0.790. The number of aldehydes is 1. The maximum Gasteiger partial charge on any atom is 0.174 e. The average Bonchev–Trinajstić information content (AvgIpc) is 2.84. The van der Waals surface area contributed by atoms with E-state index in [9.17, 15) is 4.79 Å². The van der Waals surface area contributed by atoms with Crippen LogP contribution in [0.2, 0.25) is 0 Å². The summed E-state index contributed by atoms with van der Waals surface area (Å²) in [5.74, 6) is 1.17. The Balaban J connectivity index is 2.00. The number of nitrogens with one attached hydrogen (secondary N) is 1. The van der Waals surface area contributed by atoms with E-state index in [2.05, 4.69) is 5.32 Å². The fraction of sp³-hybridized carbons (Fsp3) is 0.429. The molecule has 1 unspecified atom stereocenters. The molecule has 94 valence electrons. The summed E-state index contributed by atoms with van der Waals surface area (Å²) in [5, 5.41) is 11.7. The van der Waals surface area contributed by atoms with E-state index in [1.54, 1.807) is 0 Å².